The predicted octanol–water partition coefficient (Wildman–Crippen LogP) is 1.59. The monoisotopic (exact) mass is 99.1 g/mol. The lowest BCUT2D eigenvalue weighted by atomic mass is 10.1. The quantitative estimate of drug-likeness (QED) is 0.448. The van der Waals surface area contributed by atoms with E-state index in [1.165, 1.54) is 12.5 Å². The molecule has 1 atom stereocenters. The smallest absolute Gasteiger partial charge is 0.0968 e. The minimum atomic E-state index is 0.708. The van der Waals surface area contributed by atoms with Crippen LogP contribution >= 0.6 is 0 Å². The first-order chi connectivity index (χ1) is 3.30. The van der Waals surface area contributed by atoms with Gasteiger partial charge in [0.2, 0.25) is 0 Å². The largest absolute Gasteiger partial charge is 0.372 e. The Hall–Kier alpha value is -0.0400. The molecule has 1 rings (SSSR count). The van der Waals surface area contributed by atoms with Crippen molar-refractivity contribution in [3.05, 3.63) is 6.10 Å². The molecule has 1 heteroatoms. The summed E-state index contributed by atoms with van der Waals surface area (Å²) in [5.41, 5.74) is 0. The van der Waals surface area contributed by atoms with Crippen molar-refractivity contribution in [3.8, 4) is 0 Å². The molecule has 0 aromatic rings. The predicted molar refractivity (Wildman–Crippen MR) is 28.6 cm³/mol. The lowest BCUT2D eigenvalue weighted by Crippen LogP contribution is -1.94. The fraction of sp³-hybridized carbons (Fsp3) is 0.833. The minimum Gasteiger partial charge on any atom is -0.372 e. The van der Waals surface area contributed by atoms with Gasteiger partial charge in [-0.25, -0.2) is 0 Å². The summed E-state index contributed by atoms with van der Waals surface area (Å²) >= 11 is 0. The average molecular weight is 99.2 g/mol. The number of hydrogen-bond acceptors (Lipinski definition) is 1. The van der Waals surface area contributed by atoms with Gasteiger partial charge in [-0.1, -0.05) is 6.92 Å². The first-order valence-electron chi connectivity index (χ1n) is 2.77. The van der Waals surface area contributed by atoms with E-state index in [9.17, 15) is 0 Å². The maximum absolute atomic E-state index is 5.18. The molecular formula is C6H11O. The van der Waals surface area contributed by atoms with Crippen LogP contribution in [0.3, 0.4) is 0 Å². The molecular weight excluding hydrogens is 88.1 g/mol. The van der Waals surface area contributed by atoms with Crippen LogP contribution in [-0.4, -0.2) is 6.61 Å². The van der Waals surface area contributed by atoms with Gasteiger partial charge in [-0.3, -0.25) is 0 Å². The van der Waals surface area contributed by atoms with E-state index in [0.717, 1.165) is 6.61 Å². The Morgan fingerprint density at radius 2 is 2.43 bits per heavy atom. The molecule has 0 aromatic carbocycles. The van der Waals surface area contributed by atoms with E-state index in [-0.39, 0.29) is 0 Å². The molecule has 1 saturated heterocycles. The zero-order valence-corrected chi connectivity index (χ0v) is 4.90. The highest BCUT2D eigenvalue weighted by Gasteiger charge is 2.19. The molecule has 0 amide bonds. The molecule has 1 aliphatic rings. The molecule has 0 saturated carbocycles. The molecule has 1 heterocycles. The van der Waals surface area contributed by atoms with Crippen LogP contribution in [0.15, 0.2) is 0 Å². The lowest BCUT2D eigenvalue weighted by Gasteiger charge is -2.02. The summed E-state index contributed by atoms with van der Waals surface area (Å²) in [6, 6.07) is 0. The normalized spacial score (nSPS) is 34.3. The maximum atomic E-state index is 5.18. The van der Waals surface area contributed by atoms with Crippen LogP contribution in [-0.2, 0) is 4.74 Å². The van der Waals surface area contributed by atoms with E-state index in [2.05, 4.69) is 13.8 Å². The molecule has 1 radical (unpaired) electrons. The third-order valence-corrected chi connectivity index (χ3v) is 1.57. The van der Waals surface area contributed by atoms with Crippen LogP contribution in [0.5, 0.6) is 0 Å². The first kappa shape index (κ1) is 5.10. The molecule has 0 aliphatic carbocycles. The minimum absolute atomic E-state index is 0.708. The second-order valence-corrected chi connectivity index (χ2v) is 2.15. The topological polar surface area (TPSA) is 9.23 Å². The molecule has 7 heavy (non-hydrogen) atoms. The van der Waals surface area contributed by atoms with E-state index in [4.69, 9.17) is 4.74 Å². The van der Waals surface area contributed by atoms with E-state index < -0.39 is 0 Å². The Morgan fingerprint density at radius 1 is 1.71 bits per heavy atom. The molecule has 1 nitrogen and oxygen atoms in total. The molecule has 1 aliphatic heterocycles. The molecule has 0 spiro atoms. The molecule has 0 bridgehead atoms. The van der Waals surface area contributed by atoms with Gasteiger partial charge in [-0.2, -0.15) is 0 Å². The first-order valence-corrected chi connectivity index (χ1v) is 2.77. The van der Waals surface area contributed by atoms with Crippen LogP contribution in [0.2, 0.25) is 0 Å². The summed E-state index contributed by atoms with van der Waals surface area (Å²) < 4.78 is 5.18. The van der Waals surface area contributed by atoms with Crippen molar-refractivity contribution in [2.45, 2.75) is 20.3 Å². The molecule has 41 valence electrons. The molecule has 1 unspecified atom stereocenters. The Morgan fingerprint density at radius 3 is 2.57 bits per heavy atom. The third-order valence-electron chi connectivity index (χ3n) is 1.57. The van der Waals surface area contributed by atoms with Gasteiger partial charge in [0.15, 0.2) is 0 Å². The zero-order chi connectivity index (χ0) is 5.28. The van der Waals surface area contributed by atoms with Gasteiger partial charge in [0, 0.05) is 6.61 Å². The Balaban J connectivity index is 2.33. The molecule has 1 fully saturated rings. The van der Waals surface area contributed by atoms with Crippen molar-refractivity contribution in [1.82, 2.24) is 0 Å². The highest BCUT2D eigenvalue weighted by molar-refractivity contribution is 4.83. The summed E-state index contributed by atoms with van der Waals surface area (Å²) in [4.78, 5) is 0. The highest BCUT2D eigenvalue weighted by Crippen LogP contribution is 2.24. The number of hydrogen-bond donors (Lipinski definition) is 0. The van der Waals surface area contributed by atoms with Gasteiger partial charge in [0.05, 0.1) is 6.10 Å². The zero-order valence-electron chi connectivity index (χ0n) is 4.90. The van der Waals surface area contributed by atoms with Crippen molar-refractivity contribution in [2.75, 3.05) is 6.61 Å². The van der Waals surface area contributed by atoms with Crippen LogP contribution < -0.4 is 0 Å². The number of rotatable bonds is 0. The fourth-order valence-electron chi connectivity index (χ4n) is 0.742. The van der Waals surface area contributed by atoms with Gasteiger partial charge >= 0.3 is 0 Å². The number of ether oxygens (including phenoxy) is 1. The summed E-state index contributed by atoms with van der Waals surface area (Å²) in [5, 5.41) is 0. The highest BCUT2D eigenvalue weighted by atomic mass is 16.5. The van der Waals surface area contributed by atoms with E-state index in [1.54, 1.807) is 0 Å². The van der Waals surface area contributed by atoms with Crippen molar-refractivity contribution in [3.63, 3.8) is 0 Å². The molecule has 0 aromatic heterocycles. The Labute approximate surface area is 44.7 Å². The van der Waals surface area contributed by atoms with Crippen molar-refractivity contribution in [1.29, 1.82) is 0 Å². The third kappa shape index (κ3) is 0.942. The second-order valence-electron chi connectivity index (χ2n) is 2.15. The van der Waals surface area contributed by atoms with Crippen LogP contribution in [0.4, 0.5) is 0 Å². The second kappa shape index (κ2) is 1.83. The maximum Gasteiger partial charge on any atom is 0.0968 e. The van der Waals surface area contributed by atoms with Gasteiger partial charge in [-0.15, -0.1) is 0 Å². The van der Waals surface area contributed by atoms with E-state index in [1.807, 2.05) is 0 Å². The van der Waals surface area contributed by atoms with Gasteiger partial charge in [0.25, 0.3) is 0 Å². The van der Waals surface area contributed by atoms with E-state index >= 15 is 0 Å². The molecule has 0 N–H and O–H groups in total. The van der Waals surface area contributed by atoms with Crippen molar-refractivity contribution >= 4 is 0 Å². The Bertz CT molecular complexity index is 53.2. The van der Waals surface area contributed by atoms with Crippen LogP contribution in [0, 0.1) is 12.0 Å². The average Bonchev–Trinajstić information content (AvgIpc) is 1.91. The van der Waals surface area contributed by atoms with E-state index in [0.29, 0.717) is 5.92 Å². The van der Waals surface area contributed by atoms with Gasteiger partial charge in [0.1, 0.15) is 0 Å². The summed E-state index contributed by atoms with van der Waals surface area (Å²) in [7, 11) is 0. The SMILES string of the molecule is C[C]1OCCC1C. The van der Waals surface area contributed by atoms with Gasteiger partial charge < -0.3 is 4.74 Å². The van der Waals surface area contributed by atoms with Gasteiger partial charge in [-0.05, 0) is 19.3 Å². The van der Waals surface area contributed by atoms with Crippen LogP contribution in [0.1, 0.15) is 20.3 Å². The summed E-state index contributed by atoms with van der Waals surface area (Å²) in [6.45, 7) is 5.19. The lowest BCUT2D eigenvalue weighted by molar-refractivity contribution is 0.197. The van der Waals surface area contributed by atoms with Crippen molar-refractivity contribution < 1.29 is 4.74 Å². The van der Waals surface area contributed by atoms with Crippen molar-refractivity contribution in [2.24, 2.45) is 5.92 Å². The Kier molecular flexibility index (Phi) is 1.33. The fourth-order valence-corrected chi connectivity index (χ4v) is 0.742. The standard InChI is InChI=1S/C6H11O/c1-5-3-4-7-6(5)2/h5H,3-4H2,1-2H3. The summed E-state index contributed by atoms with van der Waals surface area (Å²) in [6.07, 6.45) is 2.42. The summed E-state index contributed by atoms with van der Waals surface area (Å²) in [5.74, 6) is 0.708. The van der Waals surface area contributed by atoms with Crippen LogP contribution in [0.25, 0.3) is 0 Å².